The van der Waals surface area contributed by atoms with Crippen LogP contribution < -0.4 is 0 Å². The molecule has 1 rings (SSSR count). The molecule has 1 aromatic rings. The Kier molecular flexibility index (Phi) is 5.45. The fourth-order valence-electron chi connectivity index (χ4n) is 1.59. The van der Waals surface area contributed by atoms with Gasteiger partial charge in [-0.3, -0.25) is 9.36 Å². The predicted octanol–water partition coefficient (Wildman–Crippen LogP) is 2.90. The lowest BCUT2D eigenvalue weighted by Crippen LogP contribution is -2.05. The summed E-state index contributed by atoms with van der Waals surface area (Å²) in [6.45, 7) is 3.62. The van der Waals surface area contributed by atoms with E-state index in [0.29, 0.717) is 12.2 Å². The molecule has 0 bridgehead atoms. The first-order chi connectivity index (χ1) is 8.85. The summed E-state index contributed by atoms with van der Waals surface area (Å²) in [7, 11) is -2.71. The van der Waals surface area contributed by atoms with Crippen molar-refractivity contribution in [3.05, 3.63) is 35.4 Å². The van der Waals surface area contributed by atoms with Crippen LogP contribution in [-0.2, 0) is 9.09 Å². The van der Waals surface area contributed by atoms with Gasteiger partial charge >= 0.3 is 5.97 Å². The lowest BCUT2D eigenvalue weighted by Gasteiger charge is -2.11. The van der Waals surface area contributed by atoms with Crippen molar-refractivity contribution in [3.63, 3.8) is 0 Å². The number of carboxylic acids is 1. The number of hydrogen-bond acceptors (Lipinski definition) is 4. The molecule has 0 fully saturated rings. The summed E-state index contributed by atoms with van der Waals surface area (Å²) in [5.41, 5.74) is 0.550. The Hall–Kier alpha value is -1.45. The molecule has 0 aliphatic rings. The monoisotopic (exact) mass is 284 g/mol. The van der Waals surface area contributed by atoms with Crippen molar-refractivity contribution in [3.8, 4) is 0 Å². The number of ketones is 1. The van der Waals surface area contributed by atoms with Crippen molar-refractivity contribution in [2.45, 2.75) is 13.3 Å². The third-order valence-corrected chi connectivity index (χ3v) is 4.44. The van der Waals surface area contributed by atoms with Crippen molar-refractivity contribution in [2.75, 3.05) is 19.4 Å². The molecular formula is C13H17O5P. The molecule has 0 saturated carbocycles. The van der Waals surface area contributed by atoms with E-state index in [9.17, 15) is 14.2 Å². The number of hydrogen-bond donors (Lipinski definition) is 1. The van der Waals surface area contributed by atoms with E-state index in [-0.39, 0.29) is 23.9 Å². The molecule has 1 aromatic carbocycles. The number of benzene rings is 1. The zero-order chi connectivity index (χ0) is 14.5. The normalized spacial score (nSPS) is 13.8. The van der Waals surface area contributed by atoms with Crippen LogP contribution >= 0.6 is 7.37 Å². The molecule has 0 saturated heterocycles. The second kappa shape index (κ2) is 6.64. The molecule has 1 N–H and O–H groups in total. The van der Waals surface area contributed by atoms with Crippen molar-refractivity contribution >= 4 is 19.1 Å². The Morgan fingerprint density at radius 3 is 2.21 bits per heavy atom. The summed E-state index contributed by atoms with van der Waals surface area (Å²) in [4.78, 5) is 22.5. The fraction of sp³-hybridized carbons (Fsp3) is 0.385. The largest absolute Gasteiger partial charge is 0.478 e. The van der Waals surface area contributed by atoms with Gasteiger partial charge in [0, 0.05) is 24.8 Å². The summed E-state index contributed by atoms with van der Waals surface area (Å²) in [5, 5.41) is 8.75. The van der Waals surface area contributed by atoms with Crippen LogP contribution in [0.5, 0.6) is 0 Å². The smallest absolute Gasteiger partial charge is 0.335 e. The zero-order valence-corrected chi connectivity index (χ0v) is 11.9. The molecule has 5 nitrogen and oxygen atoms in total. The van der Waals surface area contributed by atoms with Gasteiger partial charge in [0.1, 0.15) is 0 Å². The third kappa shape index (κ3) is 4.97. The fourth-order valence-corrected chi connectivity index (χ4v) is 2.87. The highest BCUT2D eigenvalue weighted by molar-refractivity contribution is 7.58. The van der Waals surface area contributed by atoms with Crippen molar-refractivity contribution in [1.82, 2.24) is 0 Å². The van der Waals surface area contributed by atoms with E-state index in [0.717, 1.165) is 0 Å². The molecule has 1 unspecified atom stereocenters. The number of carbonyl (C=O) groups is 2. The Balaban J connectivity index is 2.64. The molecule has 0 heterocycles. The quantitative estimate of drug-likeness (QED) is 0.615. The molecule has 104 valence electrons. The predicted molar refractivity (Wildman–Crippen MR) is 72.4 cm³/mol. The summed E-state index contributed by atoms with van der Waals surface area (Å²) < 4.78 is 16.9. The number of aromatic carboxylic acids is 1. The second-order valence-corrected chi connectivity index (χ2v) is 6.94. The number of Topliss-reactive ketones (excluding diaryl/α,β-unsaturated/α-hetero) is 1. The first kappa shape index (κ1) is 15.6. The van der Waals surface area contributed by atoms with E-state index in [2.05, 4.69) is 0 Å². The average Bonchev–Trinajstić information content (AvgIpc) is 2.36. The van der Waals surface area contributed by atoms with Gasteiger partial charge in [0.05, 0.1) is 12.2 Å². The van der Waals surface area contributed by atoms with Gasteiger partial charge in [-0.25, -0.2) is 4.79 Å². The van der Waals surface area contributed by atoms with Gasteiger partial charge in [0.2, 0.25) is 7.37 Å². The average molecular weight is 284 g/mol. The minimum Gasteiger partial charge on any atom is -0.478 e. The van der Waals surface area contributed by atoms with Crippen molar-refractivity contribution < 1.29 is 23.8 Å². The van der Waals surface area contributed by atoms with E-state index in [1.54, 1.807) is 6.92 Å². The second-order valence-electron chi connectivity index (χ2n) is 4.21. The molecule has 0 amide bonds. The standard InChI is InChI=1S/C13H17O5P/c1-3-18-19(2,17)9-8-12(14)10-4-6-11(7-5-10)13(15)16/h4-7H,3,8-9H2,1-2H3,(H,15,16). The van der Waals surface area contributed by atoms with Crippen LogP contribution in [-0.4, -0.2) is 36.3 Å². The maximum Gasteiger partial charge on any atom is 0.335 e. The summed E-state index contributed by atoms with van der Waals surface area (Å²) >= 11 is 0. The summed E-state index contributed by atoms with van der Waals surface area (Å²) in [6.07, 6.45) is 0.320. The number of carbonyl (C=O) groups excluding carboxylic acids is 1. The maximum absolute atomic E-state index is 11.9. The SMILES string of the molecule is CCOP(C)(=O)CCC(=O)c1ccc(C(=O)O)cc1. The first-order valence-corrected chi connectivity index (χ1v) is 8.19. The van der Waals surface area contributed by atoms with Crippen LogP contribution in [0.2, 0.25) is 0 Å². The van der Waals surface area contributed by atoms with Crippen LogP contribution in [0.3, 0.4) is 0 Å². The summed E-state index contributed by atoms with van der Waals surface area (Å²) in [5.74, 6) is -1.20. The highest BCUT2D eigenvalue weighted by atomic mass is 31.2. The van der Waals surface area contributed by atoms with Gasteiger partial charge in [-0.15, -0.1) is 0 Å². The van der Waals surface area contributed by atoms with Crippen LogP contribution in [0.25, 0.3) is 0 Å². The highest BCUT2D eigenvalue weighted by Gasteiger charge is 2.18. The van der Waals surface area contributed by atoms with E-state index in [4.69, 9.17) is 9.63 Å². The molecule has 0 aliphatic carbocycles. The van der Waals surface area contributed by atoms with E-state index >= 15 is 0 Å². The Morgan fingerprint density at radius 2 is 1.74 bits per heavy atom. The Bertz CT molecular complexity index is 506. The highest BCUT2D eigenvalue weighted by Crippen LogP contribution is 2.42. The minimum absolute atomic E-state index is 0.125. The van der Waals surface area contributed by atoms with Crippen LogP contribution in [0.1, 0.15) is 34.1 Å². The first-order valence-electron chi connectivity index (χ1n) is 5.93. The minimum atomic E-state index is -2.71. The molecule has 0 aromatic heterocycles. The molecule has 0 radical (unpaired) electrons. The molecule has 0 spiro atoms. The van der Waals surface area contributed by atoms with Gasteiger partial charge in [0.15, 0.2) is 5.78 Å². The van der Waals surface area contributed by atoms with Gasteiger partial charge in [0.25, 0.3) is 0 Å². The number of carboxylic acid groups (broad SMARTS) is 1. The van der Waals surface area contributed by atoms with Crippen molar-refractivity contribution in [2.24, 2.45) is 0 Å². The lowest BCUT2D eigenvalue weighted by atomic mass is 10.1. The van der Waals surface area contributed by atoms with Crippen molar-refractivity contribution in [1.29, 1.82) is 0 Å². The van der Waals surface area contributed by atoms with Gasteiger partial charge in [-0.1, -0.05) is 12.1 Å². The van der Waals surface area contributed by atoms with Crippen LogP contribution in [0, 0.1) is 0 Å². The van der Waals surface area contributed by atoms with E-state index in [1.807, 2.05) is 0 Å². The zero-order valence-electron chi connectivity index (χ0n) is 11.0. The van der Waals surface area contributed by atoms with E-state index < -0.39 is 13.3 Å². The maximum atomic E-state index is 11.9. The van der Waals surface area contributed by atoms with E-state index in [1.165, 1.54) is 30.9 Å². The molecular weight excluding hydrogens is 267 g/mol. The van der Waals surface area contributed by atoms with Crippen LogP contribution in [0.15, 0.2) is 24.3 Å². The lowest BCUT2D eigenvalue weighted by molar-refractivity contribution is 0.0696. The third-order valence-electron chi connectivity index (χ3n) is 2.60. The topological polar surface area (TPSA) is 80.7 Å². The Morgan fingerprint density at radius 1 is 1.21 bits per heavy atom. The molecule has 19 heavy (non-hydrogen) atoms. The Labute approximate surface area is 112 Å². The van der Waals surface area contributed by atoms with Gasteiger partial charge in [-0.05, 0) is 19.1 Å². The molecule has 6 heteroatoms. The van der Waals surface area contributed by atoms with Gasteiger partial charge in [-0.2, -0.15) is 0 Å². The van der Waals surface area contributed by atoms with Crippen LogP contribution in [0.4, 0.5) is 0 Å². The summed E-state index contributed by atoms with van der Waals surface area (Å²) in [6, 6.07) is 5.69. The molecule has 0 aliphatic heterocycles. The number of rotatable bonds is 7. The molecule has 1 atom stereocenters. The van der Waals surface area contributed by atoms with Gasteiger partial charge < -0.3 is 9.63 Å².